The summed E-state index contributed by atoms with van der Waals surface area (Å²) in [6, 6.07) is 2.96. The molecule has 0 saturated carbocycles. The Balaban J connectivity index is 2.97. The Hall–Kier alpha value is -1.16. The third kappa shape index (κ3) is 5.27. The molecule has 0 aliphatic rings. The minimum absolute atomic E-state index is 0.0745. The molecule has 0 amide bonds. The molecule has 0 atom stereocenters. The molecule has 1 aromatic carbocycles. The molecule has 0 aliphatic carbocycles. The van der Waals surface area contributed by atoms with Crippen molar-refractivity contribution < 1.29 is 8.78 Å². The maximum Gasteiger partial charge on any atom is 0.149 e. The number of unbranched alkanes of at least 4 members (excludes halogenated alkanes) is 2. The van der Waals surface area contributed by atoms with Crippen molar-refractivity contribution in [1.82, 2.24) is 5.32 Å². The second-order valence-corrected chi connectivity index (χ2v) is 5.68. The molecule has 1 rings (SSSR count). The third-order valence-corrected chi connectivity index (χ3v) is 3.57. The average molecular weight is 298 g/mol. The van der Waals surface area contributed by atoms with Gasteiger partial charge < -0.3 is 10.2 Å². The van der Waals surface area contributed by atoms with Gasteiger partial charge in [0.1, 0.15) is 17.3 Å². The van der Waals surface area contributed by atoms with Crippen molar-refractivity contribution in [2.75, 3.05) is 18.0 Å². The van der Waals surface area contributed by atoms with Crippen molar-refractivity contribution in [3.05, 3.63) is 29.3 Å². The molecule has 0 aliphatic heterocycles. The van der Waals surface area contributed by atoms with Gasteiger partial charge in [0.05, 0.1) is 0 Å². The summed E-state index contributed by atoms with van der Waals surface area (Å²) in [7, 11) is 0. The summed E-state index contributed by atoms with van der Waals surface area (Å²) in [6.07, 6.45) is 3.12. The monoisotopic (exact) mass is 298 g/mol. The summed E-state index contributed by atoms with van der Waals surface area (Å²) in [6.45, 7) is 9.98. The number of anilines is 1. The van der Waals surface area contributed by atoms with Gasteiger partial charge in [-0.2, -0.15) is 0 Å². The van der Waals surface area contributed by atoms with E-state index in [1.165, 1.54) is 12.1 Å². The number of rotatable bonds is 9. The molecule has 120 valence electrons. The van der Waals surface area contributed by atoms with Crippen LogP contribution in [0.1, 0.15) is 52.5 Å². The van der Waals surface area contributed by atoms with Crippen LogP contribution in [0.3, 0.4) is 0 Å². The first-order chi connectivity index (χ1) is 10.0. The molecular weight excluding hydrogens is 270 g/mol. The first-order valence-corrected chi connectivity index (χ1v) is 7.96. The average Bonchev–Trinajstić information content (AvgIpc) is 2.42. The van der Waals surface area contributed by atoms with Crippen LogP contribution >= 0.6 is 0 Å². The van der Waals surface area contributed by atoms with Gasteiger partial charge in [-0.1, -0.05) is 26.7 Å². The number of nitrogens with zero attached hydrogens (tertiary/aromatic N) is 1. The zero-order valence-corrected chi connectivity index (χ0v) is 13.7. The van der Waals surface area contributed by atoms with Gasteiger partial charge in [-0.15, -0.1) is 0 Å². The fraction of sp³-hybridized carbons (Fsp3) is 0.647. The first-order valence-electron chi connectivity index (χ1n) is 7.96. The Bertz CT molecular complexity index is 410. The molecule has 0 aromatic heterocycles. The minimum Gasteiger partial charge on any atom is -0.364 e. The molecule has 0 unspecified atom stereocenters. The zero-order valence-electron chi connectivity index (χ0n) is 13.7. The molecule has 0 radical (unpaired) electrons. The molecule has 1 N–H and O–H groups in total. The highest BCUT2D eigenvalue weighted by atomic mass is 19.1. The van der Waals surface area contributed by atoms with Gasteiger partial charge in [-0.25, -0.2) is 8.78 Å². The highest BCUT2D eigenvalue weighted by Gasteiger charge is 2.20. The van der Waals surface area contributed by atoms with E-state index in [1.54, 1.807) is 0 Å². The van der Waals surface area contributed by atoms with E-state index in [0.717, 1.165) is 25.8 Å². The number of nitrogens with one attached hydrogen (secondary N) is 1. The van der Waals surface area contributed by atoms with Crippen LogP contribution in [0.5, 0.6) is 0 Å². The lowest BCUT2D eigenvalue weighted by Crippen LogP contribution is -2.33. The molecule has 0 heterocycles. The van der Waals surface area contributed by atoms with E-state index in [-0.39, 0.29) is 11.7 Å². The highest BCUT2D eigenvalue weighted by Crippen LogP contribution is 2.27. The van der Waals surface area contributed by atoms with E-state index in [9.17, 15) is 8.78 Å². The van der Waals surface area contributed by atoms with Crippen LogP contribution in [0.25, 0.3) is 0 Å². The van der Waals surface area contributed by atoms with Gasteiger partial charge in [0.2, 0.25) is 0 Å². The molecule has 0 bridgehead atoms. The summed E-state index contributed by atoms with van der Waals surface area (Å²) in [5, 5.41) is 3.09. The largest absolute Gasteiger partial charge is 0.364 e. The van der Waals surface area contributed by atoms with E-state index >= 15 is 0 Å². The smallest absolute Gasteiger partial charge is 0.149 e. The van der Waals surface area contributed by atoms with Gasteiger partial charge in [-0.3, -0.25) is 0 Å². The highest BCUT2D eigenvalue weighted by molar-refractivity contribution is 5.51. The molecule has 1 aromatic rings. The van der Waals surface area contributed by atoms with Gasteiger partial charge in [0.15, 0.2) is 0 Å². The van der Waals surface area contributed by atoms with E-state index in [2.05, 4.69) is 12.2 Å². The van der Waals surface area contributed by atoms with Crippen molar-refractivity contribution in [3.63, 3.8) is 0 Å². The van der Waals surface area contributed by atoms with Crippen LogP contribution < -0.4 is 10.2 Å². The van der Waals surface area contributed by atoms with E-state index in [1.807, 2.05) is 25.7 Å². The predicted molar refractivity (Wildman–Crippen MR) is 85.7 cm³/mol. The van der Waals surface area contributed by atoms with Crippen LogP contribution in [-0.2, 0) is 6.54 Å². The van der Waals surface area contributed by atoms with Crippen LogP contribution in [0.2, 0.25) is 0 Å². The second-order valence-electron chi connectivity index (χ2n) is 5.68. The third-order valence-electron chi connectivity index (χ3n) is 3.57. The summed E-state index contributed by atoms with van der Waals surface area (Å²) < 4.78 is 28.7. The molecule has 0 spiro atoms. The van der Waals surface area contributed by atoms with Crippen molar-refractivity contribution in [1.29, 1.82) is 0 Å². The quantitative estimate of drug-likeness (QED) is 0.676. The normalized spacial score (nSPS) is 11.2. The Kier molecular flexibility index (Phi) is 7.65. The Morgan fingerprint density at radius 1 is 1.10 bits per heavy atom. The topological polar surface area (TPSA) is 15.3 Å². The molecule has 4 heteroatoms. The second kappa shape index (κ2) is 8.98. The van der Waals surface area contributed by atoms with Crippen molar-refractivity contribution in [2.24, 2.45) is 0 Å². The maximum atomic E-state index is 14.3. The van der Waals surface area contributed by atoms with Gasteiger partial charge >= 0.3 is 0 Å². The molecule has 0 saturated heterocycles. The minimum atomic E-state index is -0.465. The van der Waals surface area contributed by atoms with E-state index < -0.39 is 11.6 Å². The summed E-state index contributed by atoms with van der Waals surface area (Å²) in [5.41, 5.74) is 0.759. The molecule has 0 fully saturated rings. The van der Waals surface area contributed by atoms with Gasteiger partial charge in [0.25, 0.3) is 0 Å². The fourth-order valence-corrected chi connectivity index (χ4v) is 2.42. The lowest BCUT2D eigenvalue weighted by molar-refractivity contribution is 0.542. The standard InChI is InChI=1S/C17H28F2N2/c1-5-7-8-9-21(13(3)4)17-15(18)10-14(11-16(17)19)12-20-6-2/h10-11,13,20H,5-9,12H2,1-4H3. The number of halogens is 2. The van der Waals surface area contributed by atoms with Gasteiger partial charge in [0, 0.05) is 19.1 Å². The van der Waals surface area contributed by atoms with Crippen LogP contribution in [0.15, 0.2) is 12.1 Å². The summed E-state index contributed by atoms with van der Waals surface area (Å²) in [5.74, 6) is -0.929. The van der Waals surface area contributed by atoms with E-state index in [4.69, 9.17) is 0 Å². The number of hydrogen-bond acceptors (Lipinski definition) is 2. The Morgan fingerprint density at radius 2 is 1.71 bits per heavy atom. The van der Waals surface area contributed by atoms with Crippen molar-refractivity contribution >= 4 is 5.69 Å². The van der Waals surface area contributed by atoms with Crippen LogP contribution in [0.4, 0.5) is 14.5 Å². The lowest BCUT2D eigenvalue weighted by Gasteiger charge is -2.30. The fourth-order valence-electron chi connectivity index (χ4n) is 2.42. The number of benzene rings is 1. The summed E-state index contributed by atoms with van der Waals surface area (Å²) in [4.78, 5) is 1.83. The number of hydrogen-bond donors (Lipinski definition) is 1. The zero-order chi connectivity index (χ0) is 15.8. The van der Waals surface area contributed by atoms with Crippen LogP contribution in [-0.4, -0.2) is 19.1 Å². The molecule has 21 heavy (non-hydrogen) atoms. The Morgan fingerprint density at radius 3 is 2.19 bits per heavy atom. The van der Waals surface area contributed by atoms with Crippen LogP contribution in [0, 0.1) is 11.6 Å². The Labute approximate surface area is 127 Å². The molecule has 2 nitrogen and oxygen atoms in total. The van der Waals surface area contributed by atoms with Gasteiger partial charge in [-0.05, 0) is 44.5 Å². The van der Waals surface area contributed by atoms with Crippen molar-refractivity contribution in [3.8, 4) is 0 Å². The maximum absolute atomic E-state index is 14.3. The first kappa shape index (κ1) is 17.9. The van der Waals surface area contributed by atoms with E-state index in [0.29, 0.717) is 18.7 Å². The van der Waals surface area contributed by atoms with Crippen molar-refractivity contribution in [2.45, 2.75) is 59.5 Å². The predicted octanol–water partition coefficient (Wildman–Crippen LogP) is 4.48. The summed E-state index contributed by atoms with van der Waals surface area (Å²) >= 11 is 0. The lowest BCUT2D eigenvalue weighted by atomic mass is 10.1. The SMILES string of the molecule is CCCCCN(c1c(F)cc(CNCC)cc1F)C(C)C. The molecular formula is C17H28F2N2.